The number of nitrogens with zero attached hydrogens (tertiary/aromatic N) is 2. The van der Waals surface area contributed by atoms with Gasteiger partial charge in [0.1, 0.15) is 5.82 Å². The van der Waals surface area contributed by atoms with Crippen molar-refractivity contribution >= 4 is 29.1 Å². The molecule has 1 aliphatic heterocycles. The molecule has 1 aromatic heterocycles. The van der Waals surface area contributed by atoms with E-state index in [0.717, 1.165) is 11.1 Å². The summed E-state index contributed by atoms with van der Waals surface area (Å²) in [6, 6.07) is 22.4. The first-order valence-corrected chi connectivity index (χ1v) is 13.3. The van der Waals surface area contributed by atoms with Crippen LogP contribution in [-0.4, -0.2) is 17.1 Å². The molecule has 1 atom stereocenters. The molecule has 0 N–H and O–H groups in total. The Labute approximate surface area is 223 Å². The van der Waals surface area contributed by atoms with Crippen molar-refractivity contribution in [2.45, 2.75) is 32.7 Å². The number of rotatable bonds is 6. The SMILES string of the molecule is CCOC(=O)C1=C(c2ccccc2)N=c2s/c(=C\c3ccc(C(C)C)cc3)c(=O)n2[C@@H]1c1ccc(F)cc1. The van der Waals surface area contributed by atoms with E-state index in [0.29, 0.717) is 26.5 Å². The van der Waals surface area contributed by atoms with E-state index >= 15 is 0 Å². The van der Waals surface area contributed by atoms with E-state index in [1.165, 1.54) is 33.6 Å². The fourth-order valence-electron chi connectivity index (χ4n) is 4.53. The van der Waals surface area contributed by atoms with E-state index in [9.17, 15) is 14.0 Å². The molecule has 7 heteroatoms. The van der Waals surface area contributed by atoms with Crippen molar-refractivity contribution in [1.82, 2.24) is 4.57 Å². The number of hydrogen-bond acceptors (Lipinski definition) is 5. The third-order valence-corrected chi connectivity index (χ3v) is 7.44. The highest BCUT2D eigenvalue weighted by atomic mass is 32.1. The smallest absolute Gasteiger partial charge is 0.338 e. The highest BCUT2D eigenvalue weighted by molar-refractivity contribution is 7.07. The Bertz CT molecular complexity index is 1680. The topological polar surface area (TPSA) is 60.7 Å². The van der Waals surface area contributed by atoms with Crippen LogP contribution >= 0.6 is 11.3 Å². The Morgan fingerprint density at radius 1 is 1.05 bits per heavy atom. The molecule has 38 heavy (non-hydrogen) atoms. The number of carbonyl (C=O) groups is 1. The van der Waals surface area contributed by atoms with Crippen LogP contribution in [0, 0.1) is 5.82 Å². The molecule has 0 saturated carbocycles. The van der Waals surface area contributed by atoms with Gasteiger partial charge < -0.3 is 4.74 Å². The third-order valence-electron chi connectivity index (χ3n) is 6.46. The first-order chi connectivity index (χ1) is 18.4. The van der Waals surface area contributed by atoms with Crippen molar-refractivity contribution in [3.05, 3.63) is 132 Å². The van der Waals surface area contributed by atoms with Crippen LogP contribution in [0.1, 0.15) is 55.0 Å². The van der Waals surface area contributed by atoms with Crippen molar-refractivity contribution < 1.29 is 13.9 Å². The normalized spacial score (nSPS) is 15.4. The van der Waals surface area contributed by atoms with Crippen LogP contribution in [-0.2, 0) is 9.53 Å². The standard InChI is InChI=1S/C31H27FN2O3S/c1-4-37-30(36)26-27(22-8-6-5-7-9-22)33-31-34(28(26)23-14-16-24(32)17-15-23)29(35)25(38-31)18-20-10-12-21(13-11-20)19(2)3/h5-19,28H,4H2,1-3H3/b25-18-/t28-/m1/s1. The maximum absolute atomic E-state index is 13.9. The van der Waals surface area contributed by atoms with Crippen molar-refractivity contribution in [2.75, 3.05) is 6.61 Å². The number of ether oxygens (including phenoxy) is 1. The minimum absolute atomic E-state index is 0.164. The number of fused-ring (bicyclic) bond motifs is 1. The highest BCUT2D eigenvalue weighted by Crippen LogP contribution is 2.35. The van der Waals surface area contributed by atoms with E-state index in [1.807, 2.05) is 48.5 Å². The van der Waals surface area contributed by atoms with Gasteiger partial charge in [-0.15, -0.1) is 0 Å². The fraction of sp³-hybridized carbons (Fsp3) is 0.194. The molecule has 4 aromatic rings. The molecule has 0 amide bonds. The van der Waals surface area contributed by atoms with Crippen molar-refractivity contribution in [3.63, 3.8) is 0 Å². The predicted molar refractivity (Wildman–Crippen MR) is 148 cm³/mol. The van der Waals surface area contributed by atoms with Crippen LogP contribution in [0.25, 0.3) is 11.8 Å². The average Bonchev–Trinajstić information content (AvgIpc) is 3.23. The van der Waals surface area contributed by atoms with E-state index in [1.54, 1.807) is 19.1 Å². The van der Waals surface area contributed by atoms with Crippen molar-refractivity contribution in [1.29, 1.82) is 0 Å². The van der Waals surface area contributed by atoms with Gasteiger partial charge in [-0.3, -0.25) is 9.36 Å². The number of halogens is 1. The molecule has 192 valence electrons. The maximum Gasteiger partial charge on any atom is 0.338 e. The van der Waals surface area contributed by atoms with Gasteiger partial charge in [-0.2, -0.15) is 0 Å². The summed E-state index contributed by atoms with van der Waals surface area (Å²) in [6.45, 7) is 6.16. The van der Waals surface area contributed by atoms with Gasteiger partial charge >= 0.3 is 5.97 Å². The summed E-state index contributed by atoms with van der Waals surface area (Å²) in [6.07, 6.45) is 1.84. The van der Waals surface area contributed by atoms with Crippen LogP contribution < -0.4 is 14.9 Å². The molecule has 0 bridgehead atoms. The maximum atomic E-state index is 13.9. The van der Waals surface area contributed by atoms with Gasteiger partial charge in [0.05, 0.1) is 28.5 Å². The summed E-state index contributed by atoms with van der Waals surface area (Å²) in [7, 11) is 0. The second kappa shape index (κ2) is 10.7. The first-order valence-electron chi connectivity index (χ1n) is 12.5. The molecule has 0 spiro atoms. The first kappa shape index (κ1) is 25.5. The van der Waals surface area contributed by atoms with Crippen LogP contribution in [0.5, 0.6) is 0 Å². The van der Waals surface area contributed by atoms with Crippen LogP contribution in [0.4, 0.5) is 4.39 Å². The van der Waals surface area contributed by atoms with Crippen molar-refractivity contribution in [3.8, 4) is 0 Å². The molecule has 0 radical (unpaired) electrons. The number of aromatic nitrogens is 1. The third kappa shape index (κ3) is 4.89. The number of hydrogen-bond donors (Lipinski definition) is 0. The Hall–Kier alpha value is -4.10. The van der Waals surface area contributed by atoms with E-state index in [2.05, 4.69) is 26.0 Å². The van der Waals surface area contributed by atoms with Gasteiger partial charge in [-0.25, -0.2) is 14.2 Å². The summed E-state index contributed by atoms with van der Waals surface area (Å²) in [5.41, 5.74) is 3.83. The lowest BCUT2D eigenvalue weighted by molar-refractivity contribution is -0.138. The highest BCUT2D eigenvalue weighted by Gasteiger charge is 2.35. The minimum Gasteiger partial charge on any atom is -0.463 e. The molecular formula is C31H27FN2O3S. The quantitative estimate of drug-likeness (QED) is 0.325. The summed E-state index contributed by atoms with van der Waals surface area (Å²) in [4.78, 5) is 32.5. The molecule has 0 unspecified atom stereocenters. The minimum atomic E-state index is -0.827. The van der Waals surface area contributed by atoms with Gasteiger partial charge in [-0.1, -0.05) is 91.9 Å². The Morgan fingerprint density at radius 2 is 1.74 bits per heavy atom. The second-order valence-corrected chi connectivity index (χ2v) is 10.3. The second-order valence-electron chi connectivity index (χ2n) is 9.30. The lowest BCUT2D eigenvalue weighted by Gasteiger charge is -2.25. The molecule has 0 aliphatic carbocycles. The predicted octanol–water partition coefficient (Wildman–Crippen LogP) is 5.20. The van der Waals surface area contributed by atoms with E-state index in [-0.39, 0.29) is 17.7 Å². The van der Waals surface area contributed by atoms with Crippen molar-refractivity contribution in [2.24, 2.45) is 4.99 Å². The van der Waals surface area contributed by atoms with E-state index < -0.39 is 17.8 Å². The zero-order valence-electron chi connectivity index (χ0n) is 21.4. The fourth-order valence-corrected chi connectivity index (χ4v) is 5.53. The Morgan fingerprint density at radius 3 is 2.37 bits per heavy atom. The van der Waals surface area contributed by atoms with Crippen LogP contribution in [0.3, 0.4) is 0 Å². The van der Waals surface area contributed by atoms with Gasteiger partial charge in [-0.05, 0) is 47.7 Å². The number of thiazole rings is 1. The number of esters is 1. The molecule has 0 fully saturated rings. The lowest BCUT2D eigenvalue weighted by Crippen LogP contribution is -2.40. The number of benzene rings is 3. The van der Waals surface area contributed by atoms with Gasteiger partial charge in [0.25, 0.3) is 5.56 Å². The molecular weight excluding hydrogens is 499 g/mol. The summed E-state index contributed by atoms with van der Waals surface area (Å²) >= 11 is 1.26. The molecule has 2 heterocycles. The van der Waals surface area contributed by atoms with Gasteiger partial charge in [0.2, 0.25) is 0 Å². The Balaban J connectivity index is 1.78. The van der Waals surface area contributed by atoms with Gasteiger partial charge in [0.15, 0.2) is 4.80 Å². The zero-order chi connectivity index (χ0) is 26.8. The number of carbonyl (C=O) groups excluding carboxylic acids is 1. The molecule has 5 rings (SSSR count). The monoisotopic (exact) mass is 526 g/mol. The zero-order valence-corrected chi connectivity index (χ0v) is 22.2. The van der Waals surface area contributed by atoms with E-state index in [4.69, 9.17) is 9.73 Å². The summed E-state index contributed by atoms with van der Waals surface area (Å²) in [5.74, 6) is -0.568. The largest absolute Gasteiger partial charge is 0.463 e. The molecule has 0 saturated heterocycles. The summed E-state index contributed by atoms with van der Waals surface area (Å²) in [5, 5.41) is 0. The van der Waals surface area contributed by atoms with Crippen LogP contribution in [0.2, 0.25) is 0 Å². The average molecular weight is 527 g/mol. The lowest BCUT2D eigenvalue weighted by atomic mass is 9.93. The summed E-state index contributed by atoms with van der Waals surface area (Å²) < 4.78 is 21.3. The molecule has 3 aromatic carbocycles. The Kier molecular flexibility index (Phi) is 7.20. The van der Waals surface area contributed by atoms with Gasteiger partial charge in [0, 0.05) is 5.56 Å². The molecule has 1 aliphatic rings. The van der Waals surface area contributed by atoms with Crippen LogP contribution in [0.15, 0.2) is 94.2 Å². The molecule has 5 nitrogen and oxygen atoms in total.